The number of carbonyl (C=O) groups excluding carboxylic acids is 4. The highest BCUT2D eigenvalue weighted by Crippen LogP contribution is 2.22. The summed E-state index contributed by atoms with van der Waals surface area (Å²) in [5.74, 6) is -2.98. The lowest BCUT2D eigenvalue weighted by atomic mass is 10.3. The van der Waals surface area contributed by atoms with Gasteiger partial charge in [0.1, 0.15) is 12.2 Å². The Balaban J connectivity index is 1.68. The van der Waals surface area contributed by atoms with Crippen molar-refractivity contribution in [2.45, 2.75) is 89.6 Å². The average Bonchev–Trinajstić information content (AvgIpc) is 3.33. The molecule has 2 rings (SSSR count). The molecule has 0 spiro atoms. The number of hydrogen-bond donors (Lipinski definition) is 0. The van der Waals surface area contributed by atoms with Gasteiger partial charge in [0.2, 0.25) is 0 Å². The third-order valence-corrected chi connectivity index (χ3v) is 4.78. The fourth-order valence-corrected chi connectivity index (χ4v) is 3.19. The van der Waals surface area contributed by atoms with E-state index in [4.69, 9.17) is 18.9 Å². The highest BCUT2D eigenvalue weighted by molar-refractivity contribution is 5.93. The second-order valence-corrected chi connectivity index (χ2v) is 7.18. The summed E-state index contributed by atoms with van der Waals surface area (Å²) in [6.07, 6.45) is 6.64. The van der Waals surface area contributed by atoms with Crippen LogP contribution in [0.25, 0.3) is 0 Å². The topological polar surface area (TPSA) is 105 Å². The SMILES string of the molecule is CC(OC(=O)/C=C/C(=O)OC(C)C(=O)OC1CCCC1)C(=O)OC1CCCC1. The van der Waals surface area contributed by atoms with Gasteiger partial charge in [-0.25, -0.2) is 19.2 Å². The molecule has 0 N–H and O–H groups in total. The lowest BCUT2D eigenvalue weighted by Gasteiger charge is -2.16. The highest BCUT2D eigenvalue weighted by Gasteiger charge is 2.26. The molecule has 0 aromatic carbocycles. The number of carbonyl (C=O) groups is 4. The molecule has 28 heavy (non-hydrogen) atoms. The van der Waals surface area contributed by atoms with Crippen molar-refractivity contribution in [1.82, 2.24) is 0 Å². The molecule has 2 saturated carbocycles. The van der Waals surface area contributed by atoms with Crippen LogP contribution in [-0.4, -0.2) is 48.3 Å². The van der Waals surface area contributed by atoms with E-state index in [9.17, 15) is 19.2 Å². The zero-order chi connectivity index (χ0) is 20.5. The highest BCUT2D eigenvalue weighted by atomic mass is 16.6. The van der Waals surface area contributed by atoms with E-state index in [2.05, 4.69) is 0 Å². The lowest BCUT2D eigenvalue weighted by Crippen LogP contribution is -2.29. The Hall–Kier alpha value is -2.38. The smallest absolute Gasteiger partial charge is 0.347 e. The van der Waals surface area contributed by atoms with Crippen molar-refractivity contribution in [2.75, 3.05) is 0 Å². The first kappa shape index (κ1) is 21.9. The Morgan fingerprint density at radius 3 is 1.32 bits per heavy atom. The molecule has 2 atom stereocenters. The summed E-state index contributed by atoms with van der Waals surface area (Å²) in [4.78, 5) is 47.2. The van der Waals surface area contributed by atoms with Crippen LogP contribution >= 0.6 is 0 Å². The van der Waals surface area contributed by atoms with Crippen LogP contribution in [-0.2, 0) is 38.1 Å². The summed E-state index contributed by atoms with van der Waals surface area (Å²) >= 11 is 0. The van der Waals surface area contributed by atoms with E-state index in [1.54, 1.807) is 0 Å². The van der Waals surface area contributed by atoms with Crippen molar-refractivity contribution in [3.05, 3.63) is 12.2 Å². The monoisotopic (exact) mass is 396 g/mol. The minimum Gasteiger partial charge on any atom is -0.460 e. The Kier molecular flexibility index (Phi) is 8.47. The van der Waals surface area contributed by atoms with Crippen LogP contribution < -0.4 is 0 Å². The van der Waals surface area contributed by atoms with Crippen molar-refractivity contribution in [2.24, 2.45) is 0 Å². The van der Waals surface area contributed by atoms with E-state index >= 15 is 0 Å². The molecular weight excluding hydrogens is 368 g/mol. The molecule has 2 aliphatic rings. The molecule has 0 heterocycles. The quantitative estimate of drug-likeness (QED) is 0.350. The van der Waals surface area contributed by atoms with Crippen molar-refractivity contribution >= 4 is 23.9 Å². The van der Waals surface area contributed by atoms with Gasteiger partial charge in [-0.3, -0.25) is 0 Å². The van der Waals surface area contributed by atoms with Gasteiger partial charge in [0.05, 0.1) is 0 Å². The van der Waals surface area contributed by atoms with E-state index in [-0.39, 0.29) is 12.2 Å². The standard InChI is InChI=1S/C20H28O8/c1-13(19(23)27-15-7-3-4-8-15)25-17(21)11-12-18(22)26-14(2)20(24)28-16-9-5-6-10-16/h11-16H,3-10H2,1-2H3/b12-11+. The average molecular weight is 396 g/mol. The van der Waals surface area contributed by atoms with Crippen LogP contribution in [0.3, 0.4) is 0 Å². The molecular formula is C20H28O8. The van der Waals surface area contributed by atoms with Gasteiger partial charge in [0.15, 0.2) is 12.2 Å². The molecule has 0 radical (unpaired) electrons. The number of ether oxygens (including phenoxy) is 4. The fraction of sp³-hybridized carbons (Fsp3) is 0.700. The second kappa shape index (κ2) is 10.8. The van der Waals surface area contributed by atoms with Crippen molar-refractivity contribution in [3.63, 3.8) is 0 Å². The van der Waals surface area contributed by atoms with E-state index in [0.717, 1.165) is 63.5 Å². The number of hydrogen-bond acceptors (Lipinski definition) is 8. The summed E-state index contributed by atoms with van der Waals surface area (Å²) in [5.41, 5.74) is 0. The molecule has 2 aliphatic carbocycles. The van der Waals surface area contributed by atoms with Crippen LogP contribution in [0.1, 0.15) is 65.2 Å². The Labute approximate surface area is 164 Å². The van der Waals surface area contributed by atoms with Crippen LogP contribution in [0.4, 0.5) is 0 Å². The third-order valence-electron chi connectivity index (χ3n) is 4.78. The zero-order valence-corrected chi connectivity index (χ0v) is 16.4. The Bertz CT molecular complexity index is 547. The zero-order valence-electron chi connectivity index (χ0n) is 16.4. The molecule has 8 heteroatoms. The normalized spacial score (nSPS) is 19.9. The van der Waals surface area contributed by atoms with Crippen LogP contribution in [0.2, 0.25) is 0 Å². The summed E-state index contributed by atoms with van der Waals surface area (Å²) in [7, 11) is 0. The molecule has 2 unspecified atom stereocenters. The van der Waals surface area contributed by atoms with Crippen molar-refractivity contribution in [3.8, 4) is 0 Å². The largest absolute Gasteiger partial charge is 0.460 e. The van der Waals surface area contributed by atoms with Gasteiger partial charge in [-0.15, -0.1) is 0 Å². The Morgan fingerprint density at radius 2 is 1.00 bits per heavy atom. The van der Waals surface area contributed by atoms with Gasteiger partial charge in [-0.1, -0.05) is 0 Å². The van der Waals surface area contributed by atoms with Gasteiger partial charge in [-0.2, -0.15) is 0 Å². The minimum atomic E-state index is -1.07. The first-order chi connectivity index (χ1) is 13.3. The van der Waals surface area contributed by atoms with Crippen molar-refractivity contribution in [1.29, 1.82) is 0 Å². The van der Waals surface area contributed by atoms with Gasteiger partial charge >= 0.3 is 23.9 Å². The maximum atomic E-state index is 11.9. The molecule has 8 nitrogen and oxygen atoms in total. The predicted octanol–water partition coefficient (Wildman–Crippen LogP) is 2.38. The van der Waals surface area contributed by atoms with Crippen molar-refractivity contribution < 1.29 is 38.1 Å². The fourth-order valence-electron chi connectivity index (χ4n) is 3.19. The van der Waals surface area contributed by atoms with Crippen LogP contribution in [0.5, 0.6) is 0 Å². The summed E-state index contributed by atoms with van der Waals surface area (Å²) in [6, 6.07) is 0. The second-order valence-electron chi connectivity index (χ2n) is 7.18. The van der Waals surface area contributed by atoms with Gasteiger partial charge in [0, 0.05) is 12.2 Å². The van der Waals surface area contributed by atoms with Gasteiger partial charge in [-0.05, 0) is 65.2 Å². The van der Waals surface area contributed by atoms with E-state index in [1.807, 2.05) is 0 Å². The minimum absolute atomic E-state index is 0.121. The Morgan fingerprint density at radius 1 is 0.679 bits per heavy atom. The lowest BCUT2D eigenvalue weighted by molar-refractivity contribution is -0.168. The molecule has 0 amide bonds. The summed E-state index contributed by atoms with van der Waals surface area (Å²) in [6.45, 7) is 2.81. The third kappa shape index (κ3) is 7.32. The van der Waals surface area contributed by atoms with E-state index < -0.39 is 36.1 Å². The molecule has 0 saturated heterocycles. The van der Waals surface area contributed by atoms with Crippen LogP contribution in [0.15, 0.2) is 12.2 Å². The molecule has 0 bridgehead atoms. The van der Waals surface area contributed by atoms with Gasteiger partial charge in [0.25, 0.3) is 0 Å². The van der Waals surface area contributed by atoms with E-state index in [0.29, 0.717) is 0 Å². The molecule has 156 valence electrons. The summed E-state index contributed by atoms with van der Waals surface area (Å²) in [5, 5.41) is 0. The maximum absolute atomic E-state index is 11.9. The van der Waals surface area contributed by atoms with Gasteiger partial charge < -0.3 is 18.9 Å². The summed E-state index contributed by atoms with van der Waals surface area (Å²) < 4.78 is 20.3. The number of rotatable bonds is 8. The first-order valence-electron chi connectivity index (χ1n) is 9.85. The molecule has 0 aromatic rings. The molecule has 0 aliphatic heterocycles. The molecule has 2 fully saturated rings. The molecule has 0 aromatic heterocycles. The number of esters is 4. The first-order valence-corrected chi connectivity index (χ1v) is 9.85. The maximum Gasteiger partial charge on any atom is 0.347 e. The predicted molar refractivity (Wildman–Crippen MR) is 96.9 cm³/mol. The van der Waals surface area contributed by atoms with Crippen LogP contribution in [0, 0.1) is 0 Å². The van der Waals surface area contributed by atoms with E-state index in [1.165, 1.54) is 13.8 Å².